The van der Waals surface area contributed by atoms with E-state index >= 15 is 0 Å². The molecule has 0 bridgehead atoms. The third kappa shape index (κ3) is 2.88. The van der Waals surface area contributed by atoms with Gasteiger partial charge in [0.05, 0.1) is 5.56 Å². The fourth-order valence-electron chi connectivity index (χ4n) is 1.65. The first-order valence-corrected chi connectivity index (χ1v) is 5.78. The molecule has 1 amide bonds. The molecule has 3 nitrogen and oxygen atoms in total. The van der Waals surface area contributed by atoms with Crippen LogP contribution in [0.3, 0.4) is 0 Å². The predicted octanol–water partition coefficient (Wildman–Crippen LogP) is 2.63. The van der Waals surface area contributed by atoms with Gasteiger partial charge in [-0.15, -0.1) is 0 Å². The van der Waals surface area contributed by atoms with Crippen LogP contribution < -0.4 is 5.32 Å². The number of nitrogens with one attached hydrogen (secondary N) is 1. The molecular formula is C15H15NO2. The molecule has 0 aliphatic rings. The maximum atomic E-state index is 11.8. The van der Waals surface area contributed by atoms with Gasteiger partial charge in [-0.1, -0.05) is 42.0 Å². The van der Waals surface area contributed by atoms with Crippen molar-refractivity contribution >= 4 is 5.91 Å². The van der Waals surface area contributed by atoms with E-state index in [9.17, 15) is 9.90 Å². The first kappa shape index (κ1) is 12.2. The summed E-state index contributed by atoms with van der Waals surface area (Å²) in [7, 11) is 0. The van der Waals surface area contributed by atoms with Gasteiger partial charge in [0, 0.05) is 6.54 Å². The van der Waals surface area contributed by atoms with Crippen LogP contribution in [0.5, 0.6) is 5.75 Å². The van der Waals surface area contributed by atoms with E-state index in [0.717, 1.165) is 5.56 Å². The van der Waals surface area contributed by atoms with Crippen LogP contribution in [0.15, 0.2) is 48.5 Å². The van der Waals surface area contributed by atoms with E-state index in [1.807, 2.05) is 31.2 Å². The molecule has 2 rings (SSSR count). The van der Waals surface area contributed by atoms with Gasteiger partial charge < -0.3 is 10.4 Å². The fourth-order valence-corrected chi connectivity index (χ4v) is 1.65. The predicted molar refractivity (Wildman–Crippen MR) is 70.5 cm³/mol. The lowest BCUT2D eigenvalue weighted by atomic mass is 10.1. The van der Waals surface area contributed by atoms with E-state index in [-0.39, 0.29) is 11.7 Å². The van der Waals surface area contributed by atoms with Gasteiger partial charge in [-0.2, -0.15) is 0 Å². The quantitative estimate of drug-likeness (QED) is 0.867. The molecule has 0 radical (unpaired) electrons. The van der Waals surface area contributed by atoms with Crippen molar-refractivity contribution < 1.29 is 9.90 Å². The van der Waals surface area contributed by atoms with E-state index in [2.05, 4.69) is 5.32 Å². The standard InChI is InChI=1S/C15H15NO2/c1-11-6-8-12(9-7-11)10-16-15(18)13-4-2-3-5-14(13)17/h2-9,17H,10H2,1H3,(H,16,18). The molecule has 0 atom stereocenters. The molecule has 0 aromatic heterocycles. The maximum absolute atomic E-state index is 11.8. The van der Waals surface area contributed by atoms with Gasteiger partial charge in [0.25, 0.3) is 5.91 Å². The van der Waals surface area contributed by atoms with Gasteiger partial charge >= 0.3 is 0 Å². The second-order valence-electron chi connectivity index (χ2n) is 4.19. The topological polar surface area (TPSA) is 49.3 Å². The van der Waals surface area contributed by atoms with Gasteiger partial charge in [0.15, 0.2) is 0 Å². The molecule has 18 heavy (non-hydrogen) atoms. The van der Waals surface area contributed by atoms with Crippen LogP contribution in [0.4, 0.5) is 0 Å². The third-order valence-corrected chi connectivity index (χ3v) is 2.72. The number of para-hydroxylation sites is 1. The Labute approximate surface area is 106 Å². The van der Waals surface area contributed by atoms with Crippen LogP contribution in [-0.2, 0) is 6.54 Å². The van der Waals surface area contributed by atoms with Crippen LogP contribution >= 0.6 is 0 Å². The van der Waals surface area contributed by atoms with Crippen molar-refractivity contribution in [2.24, 2.45) is 0 Å². The average Bonchev–Trinajstić information content (AvgIpc) is 2.38. The maximum Gasteiger partial charge on any atom is 0.255 e. The van der Waals surface area contributed by atoms with E-state index in [1.165, 1.54) is 11.6 Å². The Hall–Kier alpha value is -2.29. The third-order valence-electron chi connectivity index (χ3n) is 2.72. The summed E-state index contributed by atoms with van der Waals surface area (Å²) < 4.78 is 0. The second-order valence-corrected chi connectivity index (χ2v) is 4.19. The highest BCUT2D eigenvalue weighted by Gasteiger charge is 2.09. The number of phenolic OH excluding ortho intramolecular Hbond substituents is 1. The average molecular weight is 241 g/mol. The zero-order valence-corrected chi connectivity index (χ0v) is 10.2. The fraction of sp³-hybridized carbons (Fsp3) is 0.133. The lowest BCUT2D eigenvalue weighted by Gasteiger charge is -2.07. The van der Waals surface area contributed by atoms with Crippen LogP contribution in [0.25, 0.3) is 0 Å². The highest BCUT2D eigenvalue weighted by molar-refractivity contribution is 5.96. The normalized spacial score (nSPS) is 10.1. The van der Waals surface area contributed by atoms with Gasteiger partial charge in [-0.05, 0) is 24.6 Å². The lowest BCUT2D eigenvalue weighted by molar-refractivity contribution is 0.0948. The van der Waals surface area contributed by atoms with E-state index in [1.54, 1.807) is 18.2 Å². The number of aryl methyl sites for hydroxylation is 1. The van der Waals surface area contributed by atoms with Crippen molar-refractivity contribution in [3.63, 3.8) is 0 Å². The molecule has 0 fully saturated rings. The van der Waals surface area contributed by atoms with Crippen LogP contribution in [-0.4, -0.2) is 11.0 Å². The number of carbonyl (C=O) groups excluding carboxylic acids is 1. The Kier molecular flexibility index (Phi) is 3.63. The molecule has 0 aliphatic carbocycles. The van der Waals surface area contributed by atoms with Gasteiger partial charge in [-0.3, -0.25) is 4.79 Å². The van der Waals surface area contributed by atoms with Crippen molar-refractivity contribution in [2.45, 2.75) is 13.5 Å². The van der Waals surface area contributed by atoms with E-state index < -0.39 is 0 Å². The van der Waals surface area contributed by atoms with Gasteiger partial charge in [0.1, 0.15) is 5.75 Å². The minimum absolute atomic E-state index is 0.00101. The van der Waals surface area contributed by atoms with Crippen LogP contribution in [0.2, 0.25) is 0 Å². The summed E-state index contributed by atoms with van der Waals surface area (Å²) in [4.78, 5) is 11.8. The summed E-state index contributed by atoms with van der Waals surface area (Å²) in [6, 6.07) is 14.5. The number of hydrogen-bond acceptors (Lipinski definition) is 2. The summed E-state index contributed by atoms with van der Waals surface area (Å²) >= 11 is 0. The number of carbonyl (C=O) groups is 1. The van der Waals surface area contributed by atoms with Crippen LogP contribution in [0, 0.1) is 6.92 Å². The highest BCUT2D eigenvalue weighted by Crippen LogP contribution is 2.15. The molecular weight excluding hydrogens is 226 g/mol. The lowest BCUT2D eigenvalue weighted by Crippen LogP contribution is -2.22. The molecule has 0 heterocycles. The van der Waals surface area contributed by atoms with Gasteiger partial charge in [0.2, 0.25) is 0 Å². The summed E-state index contributed by atoms with van der Waals surface area (Å²) in [6.45, 7) is 2.47. The van der Waals surface area contributed by atoms with Crippen molar-refractivity contribution in [3.8, 4) is 5.75 Å². The Morgan fingerprint density at radius 2 is 1.78 bits per heavy atom. The Morgan fingerprint density at radius 1 is 1.11 bits per heavy atom. The summed E-state index contributed by atoms with van der Waals surface area (Å²) in [5.74, 6) is -0.271. The van der Waals surface area contributed by atoms with Gasteiger partial charge in [-0.25, -0.2) is 0 Å². The number of phenols is 1. The second kappa shape index (κ2) is 5.36. The molecule has 2 aromatic carbocycles. The molecule has 2 aromatic rings. The van der Waals surface area contributed by atoms with E-state index in [0.29, 0.717) is 12.1 Å². The Bertz CT molecular complexity index is 547. The first-order chi connectivity index (χ1) is 8.66. The number of amides is 1. The number of hydrogen-bond donors (Lipinski definition) is 2. The molecule has 92 valence electrons. The van der Waals surface area contributed by atoms with Crippen molar-refractivity contribution in [1.82, 2.24) is 5.32 Å². The highest BCUT2D eigenvalue weighted by atomic mass is 16.3. The molecule has 0 unspecified atom stereocenters. The molecule has 0 aliphatic heterocycles. The molecule has 0 saturated heterocycles. The molecule has 0 saturated carbocycles. The van der Waals surface area contributed by atoms with Crippen molar-refractivity contribution in [2.75, 3.05) is 0 Å². The SMILES string of the molecule is Cc1ccc(CNC(=O)c2ccccc2O)cc1. The summed E-state index contributed by atoms with van der Waals surface area (Å²) in [5.41, 5.74) is 2.51. The minimum atomic E-state index is -0.270. The largest absolute Gasteiger partial charge is 0.507 e. The Morgan fingerprint density at radius 3 is 2.44 bits per heavy atom. The molecule has 3 heteroatoms. The zero-order chi connectivity index (χ0) is 13.0. The number of rotatable bonds is 3. The monoisotopic (exact) mass is 241 g/mol. The minimum Gasteiger partial charge on any atom is -0.507 e. The van der Waals surface area contributed by atoms with E-state index in [4.69, 9.17) is 0 Å². The van der Waals surface area contributed by atoms with Crippen LogP contribution in [0.1, 0.15) is 21.5 Å². The number of benzene rings is 2. The Balaban J connectivity index is 2.01. The van der Waals surface area contributed by atoms with Crippen molar-refractivity contribution in [1.29, 1.82) is 0 Å². The smallest absolute Gasteiger partial charge is 0.255 e. The molecule has 0 spiro atoms. The van der Waals surface area contributed by atoms with Crippen molar-refractivity contribution in [3.05, 3.63) is 65.2 Å². The number of aromatic hydroxyl groups is 1. The zero-order valence-electron chi connectivity index (χ0n) is 10.2. The summed E-state index contributed by atoms with van der Waals surface area (Å²) in [6.07, 6.45) is 0. The summed E-state index contributed by atoms with van der Waals surface area (Å²) in [5, 5.41) is 12.3. The first-order valence-electron chi connectivity index (χ1n) is 5.78. The molecule has 2 N–H and O–H groups in total.